The minimum absolute atomic E-state index is 0.121. The number of benzene rings is 1. The number of aliphatic carboxylic acids is 1. The van der Waals surface area contributed by atoms with Crippen LogP contribution < -0.4 is 10.6 Å². The van der Waals surface area contributed by atoms with Gasteiger partial charge in [-0.3, -0.25) is 9.36 Å². The number of hydrogen-bond acceptors (Lipinski definition) is 7. The van der Waals surface area contributed by atoms with Gasteiger partial charge in [0.15, 0.2) is 17.3 Å². The van der Waals surface area contributed by atoms with Crippen LogP contribution in [-0.4, -0.2) is 49.9 Å². The van der Waals surface area contributed by atoms with Gasteiger partial charge in [0.2, 0.25) is 11.9 Å². The highest BCUT2D eigenvalue weighted by molar-refractivity contribution is 5.77. The molecule has 1 saturated carbocycles. The first-order valence-corrected chi connectivity index (χ1v) is 12.0. The summed E-state index contributed by atoms with van der Waals surface area (Å²) < 4.78 is 49.5. The van der Waals surface area contributed by atoms with Crippen LogP contribution in [0.5, 0.6) is 0 Å². The maximum Gasteiger partial charge on any atom is 0.309 e. The summed E-state index contributed by atoms with van der Waals surface area (Å²) >= 11 is 0. The predicted octanol–water partition coefficient (Wildman–Crippen LogP) is 4.78. The van der Waals surface area contributed by atoms with Gasteiger partial charge in [0, 0.05) is 37.4 Å². The Balaban J connectivity index is 1.53. The Morgan fingerprint density at radius 1 is 1.11 bits per heavy atom. The number of carboxylic acids is 1. The molecule has 0 spiro atoms. The highest BCUT2D eigenvalue weighted by atomic mass is 19.1. The minimum Gasteiger partial charge on any atom is -0.481 e. The molecular weight excluding hydrogens is 477 g/mol. The number of anilines is 3. The van der Waals surface area contributed by atoms with Crippen molar-refractivity contribution in [2.24, 2.45) is 5.41 Å². The molecule has 0 atom stereocenters. The molecule has 1 aliphatic heterocycles. The van der Waals surface area contributed by atoms with Gasteiger partial charge in [-0.1, -0.05) is 0 Å². The van der Waals surface area contributed by atoms with Gasteiger partial charge in [0.1, 0.15) is 17.0 Å². The number of hydrogen-bond donors (Lipinski definition) is 3. The number of fused-ring (bicyclic) bond motifs is 1. The van der Waals surface area contributed by atoms with E-state index in [0.29, 0.717) is 68.1 Å². The molecule has 9 nitrogen and oxygen atoms in total. The largest absolute Gasteiger partial charge is 0.481 e. The Morgan fingerprint density at radius 3 is 2.42 bits per heavy atom. The second-order valence-corrected chi connectivity index (χ2v) is 9.71. The molecule has 1 aliphatic carbocycles. The molecule has 1 aromatic carbocycles. The SMILES string of the molecule is C[C@]1(C(=O)O)CC[C@H](n2c(Nc3c(F)cc(F)cc3F)nc3cnc(NC4CCOCC4)nc32)CC1. The molecule has 2 fully saturated rings. The molecule has 0 bridgehead atoms. The average molecular weight is 505 g/mol. The van der Waals surface area contributed by atoms with Crippen LogP contribution in [0, 0.1) is 22.9 Å². The molecular formula is C24H27F3N6O3. The molecule has 2 aromatic heterocycles. The van der Waals surface area contributed by atoms with E-state index in [9.17, 15) is 23.1 Å². The molecule has 3 N–H and O–H groups in total. The van der Waals surface area contributed by atoms with Crippen molar-refractivity contribution in [3.8, 4) is 0 Å². The summed E-state index contributed by atoms with van der Waals surface area (Å²) in [5.74, 6) is -3.56. The number of halogens is 3. The van der Waals surface area contributed by atoms with Crippen LogP contribution in [0.3, 0.4) is 0 Å². The number of rotatable bonds is 6. The number of nitrogens with one attached hydrogen (secondary N) is 2. The zero-order valence-corrected chi connectivity index (χ0v) is 19.7. The third-order valence-electron chi connectivity index (χ3n) is 7.17. The van der Waals surface area contributed by atoms with Crippen LogP contribution >= 0.6 is 0 Å². The molecule has 36 heavy (non-hydrogen) atoms. The van der Waals surface area contributed by atoms with Gasteiger partial charge in [0.25, 0.3) is 0 Å². The van der Waals surface area contributed by atoms with Crippen molar-refractivity contribution in [3.05, 3.63) is 35.8 Å². The van der Waals surface area contributed by atoms with Crippen molar-refractivity contribution < 1.29 is 27.8 Å². The molecule has 3 heterocycles. The van der Waals surface area contributed by atoms with Crippen molar-refractivity contribution >= 4 is 34.7 Å². The Kier molecular flexibility index (Phi) is 6.45. The number of carbonyl (C=O) groups is 1. The first-order valence-electron chi connectivity index (χ1n) is 12.0. The molecule has 1 saturated heterocycles. The lowest BCUT2D eigenvalue weighted by molar-refractivity contribution is -0.150. The Morgan fingerprint density at radius 2 is 1.78 bits per heavy atom. The minimum atomic E-state index is -1.10. The molecule has 0 radical (unpaired) electrons. The summed E-state index contributed by atoms with van der Waals surface area (Å²) in [6.07, 6.45) is 5.01. The van der Waals surface area contributed by atoms with E-state index in [1.807, 2.05) is 0 Å². The third kappa shape index (κ3) is 4.69. The summed E-state index contributed by atoms with van der Waals surface area (Å²) in [6, 6.07) is 1.11. The van der Waals surface area contributed by atoms with E-state index < -0.39 is 34.5 Å². The van der Waals surface area contributed by atoms with Crippen molar-refractivity contribution in [2.75, 3.05) is 23.8 Å². The van der Waals surface area contributed by atoms with Crippen molar-refractivity contribution in [1.29, 1.82) is 0 Å². The summed E-state index contributed by atoms with van der Waals surface area (Å²) in [5, 5.41) is 15.6. The molecule has 192 valence electrons. The topological polar surface area (TPSA) is 114 Å². The molecule has 2 aliphatic rings. The highest BCUT2D eigenvalue weighted by Gasteiger charge is 2.39. The summed E-state index contributed by atoms with van der Waals surface area (Å²) in [5.41, 5.74) is -0.522. The van der Waals surface area contributed by atoms with Crippen molar-refractivity contribution in [3.63, 3.8) is 0 Å². The van der Waals surface area contributed by atoms with Gasteiger partial charge >= 0.3 is 5.97 Å². The maximum absolute atomic E-state index is 14.4. The quantitative estimate of drug-likeness (QED) is 0.439. The fourth-order valence-corrected chi connectivity index (χ4v) is 4.90. The van der Waals surface area contributed by atoms with E-state index in [-0.39, 0.29) is 18.0 Å². The fourth-order valence-electron chi connectivity index (χ4n) is 4.90. The highest BCUT2D eigenvalue weighted by Crippen LogP contribution is 2.43. The lowest BCUT2D eigenvalue weighted by Gasteiger charge is -2.35. The summed E-state index contributed by atoms with van der Waals surface area (Å²) in [6.45, 7) is 3.01. The monoisotopic (exact) mass is 504 g/mol. The van der Waals surface area contributed by atoms with Gasteiger partial charge in [-0.25, -0.2) is 23.1 Å². The normalized spacial score (nSPS) is 23.1. The zero-order chi connectivity index (χ0) is 25.4. The van der Waals surface area contributed by atoms with E-state index in [1.54, 1.807) is 11.5 Å². The van der Waals surface area contributed by atoms with Gasteiger partial charge in [-0.15, -0.1) is 0 Å². The fraction of sp³-hybridized carbons (Fsp3) is 0.500. The second-order valence-electron chi connectivity index (χ2n) is 9.71. The lowest BCUT2D eigenvalue weighted by atomic mass is 9.74. The number of nitrogens with zero attached hydrogens (tertiary/aromatic N) is 4. The lowest BCUT2D eigenvalue weighted by Crippen LogP contribution is -2.33. The molecule has 5 rings (SSSR count). The van der Waals surface area contributed by atoms with E-state index in [2.05, 4.69) is 25.6 Å². The van der Waals surface area contributed by atoms with Crippen molar-refractivity contribution in [1.82, 2.24) is 19.5 Å². The second kappa shape index (κ2) is 9.57. The van der Waals surface area contributed by atoms with Gasteiger partial charge in [-0.05, 0) is 45.4 Å². The van der Waals surface area contributed by atoms with Gasteiger partial charge in [-0.2, -0.15) is 4.98 Å². The Labute approximate surface area is 205 Å². The Bertz CT molecular complexity index is 1260. The molecule has 0 unspecified atom stereocenters. The van der Waals surface area contributed by atoms with Crippen LogP contribution in [-0.2, 0) is 9.53 Å². The first kappa shape index (κ1) is 24.3. The number of ether oxygens (including phenoxy) is 1. The van der Waals surface area contributed by atoms with Gasteiger partial charge in [0.05, 0.1) is 11.6 Å². The van der Waals surface area contributed by atoms with Crippen molar-refractivity contribution in [2.45, 2.75) is 57.5 Å². The standard InChI is InChI=1S/C24H27F3N6O3/c1-24(21(34)35)6-2-15(3-7-24)33-20-18(12-28-22(32-20)29-14-4-8-36-9-5-14)30-23(33)31-19-16(26)10-13(25)11-17(19)27/h10-12,14-15H,2-9H2,1H3,(H,30,31)(H,34,35)(H,28,29,32)/t15-,24-. The smallest absolute Gasteiger partial charge is 0.309 e. The van der Waals surface area contributed by atoms with E-state index in [4.69, 9.17) is 4.74 Å². The average Bonchev–Trinajstić information content (AvgIpc) is 3.20. The molecule has 12 heteroatoms. The third-order valence-corrected chi connectivity index (χ3v) is 7.17. The molecule has 0 amide bonds. The summed E-state index contributed by atoms with van der Waals surface area (Å²) in [4.78, 5) is 25.3. The van der Waals surface area contributed by atoms with E-state index in [0.717, 1.165) is 12.8 Å². The van der Waals surface area contributed by atoms with E-state index in [1.165, 1.54) is 6.20 Å². The number of imidazole rings is 1. The summed E-state index contributed by atoms with van der Waals surface area (Å²) in [7, 11) is 0. The number of carboxylic acid groups (broad SMARTS) is 1. The first-order chi connectivity index (χ1) is 17.2. The van der Waals surface area contributed by atoms with Crippen LogP contribution in [0.15, 0.2) is 18.3 Å². The van der Waals surface area contributed by atoms with Crippen LogP contribution in [0.1, 0.15) is 51.5 Å². The zero-order valence-electron chi connectivity index (χ0n) is 19.7. The molecule has 3 aromatic rings. The maximum atomic E-state index is 14.4. The van der Waals surface area contributed by atoms with Crippen LogP contribution in [0.2, 0.25) is 0 Å². The van der Waals surface area contributed by atoms with E-state index >= 15 is 0 Å². The van der Waals surface area contributed by atoms with Crippen LogP contribution in [0.25, 0.3) is 11.2 Å². The Hall–Kier alpha value is -3.41. The van der Waals surface area contributed by atoms with Crippen LogP contribution in [0.4, 0.5) is 30.8 Å². The number of aromatic nitrogens is 4. The predicted molar refractivity (Wildman–Crippen MR) is 126 cm³/mol. The van der Waals surface area contributed by atoms with Gasteiger partial charge < -0.3 is 20.5 Å².